The van der Waals surface area contributed by atoms with Crippen molar-refractivity contribution in [2.75, 3.05) is 6.61 Å². The van der Waals surface area contributed by atoms with Gasteiger partial charge in [0.05, 0.1) is 12.6 Å². The Kier molecular flexibility index (Phi) is 7.67. The van der Waals surface area contributed by atoms with E-state index in [4.69, 9.17) is 4.74 Å². The summed E-state index contributed by atoms with van der Waals surface area (Å²) in [6, 6.07) is 19.9. The van der Waals surface area contributed by atoms with Crippen molar-refractivity contribution in [3.05, 3.63) is 97.1 Å². The molecule has 0 radical (unpaired) electrons. The van der Waals surface area contributed by atoms with Gasteiger partial charge in [0, 0.05) is 13.2 Å². The molecular formula is C22H25NO2. The molecule has 0 fully saturated rings. The number of hydrogen-bond acceptors (Lipinski definition) is 2. The fourth-order valence-electron chi connectivity index (χ4n) is 2.63. The molecule has 25 heavy (non-hydrogen) atoms. The first kappa shape index (κ1) is 18.7. The van der Waals surface area contributed by atoms with Crippen LogP contribution in [-0.2, 0) is 22.7 Å². The van der Waals surface area contributed by atoms with Crippen LogP contribution in [0.25, 0.3) is 0 Å². The van der Waals surface area contributed by atoms with E-state index in [0.717, 1.165) is 11.1 Å². The molecule has 0 saturated heterocycles. The quantitative estimate of drug-likeness (QED) is 0.367. The van der Waals surface area contributed by atoms with E-state index in [0.29, 0.717) is 26.2 Å². The summed E-state index contributed by atoms with van der Waals surface area (Å²) in [5.74, 6) is -0.100. The zero-order valence-corrected chi connectivity index (χ0v) is 14.5. The lowest BCUT2D eigenvalue weighted by atomic mass is 10.1. The monoisotopic (exact) mass is 335 g/mol. The Bertz CT molecular complexity index is 667. The van der Waals surface area contributed by atoms with Crippen molar-refractivity contribution in [1.29, 1.82) is 0 Å². The number of rotatable bonds is 10. The number of amides is 1. The van der Waals surface area contributed by atoms with Gasteiger partial charge in [-0.15, -0.1) is 6.58 Å². The van der Waals surface area contributed by atoms with Crippen molar-refractivity contribution in [3.8, 4) is 0 Å². The lowest BCUT2D eigenvalue weighted by molar-refractivity contribution is -0.128. The minimum Gasteiger partial charge on any atom is -0.377 e. The summed E-state index contributed by atoms with van der Waals surface area (Å²) in [7, 11) is 0. The molecular weight excluding hydrogens is 310 g/mol. The molecule has 130 valence electrons. The summed E-state index contributed by atoms with van der Waals surface area (Å²) in [6.45, 7) is 9.17. The van der Waals surface area contributed by atoms with E-state index in [1.54, 1.807) is 11.0 Å². The van der Waals surface area contributed by atoms with Crippen molar-refractivity contribution >= 4 is 5.91 Å². The van der Waals surface area contributed by atoms with Gasteiger partial charge in [0.25, 0.3) is 0 Å². The van der Waals surface area contributed by atoms with Crippen LogP contribution in [0.5, 0.6) is 0 Å². The van der Waals surface area contributed by atoms with Crippen LogP contribution in [0, 0.1) is 0 Å². The second-order valence-corrected chi connectivity index (χ2v) is 5.79. The van der Waals surface area contributed by atoms with Crippen LogP contribution in [0.2, 0.25) is 0 Å². The van der Waals surface area contributed by atoms with E-state index < -0.39 is 0 Å². The maximum atomic E-state index is 12.3. The smallest absolute Gasteiger partial charge is 0.246 e. The highest BCUT2D eigenvalue weighted by atomic mass is 16.5. The summed E-state index contributed by atoms with van der Waals surface area (Å²) in [6.07, 6.45) is 3.85. The first-order chi connectivity index (χ1) is 12.2. The molecule has 0 aliphatic carbocycles. The van der Waals surface area contributed by atoms with E-state index in [-0.39, 0.29) is 11.9 Å². The minimum absolute atomic E-state index is 0.0959. The van der Waals surface area contributed by atoms with Gasteiger partial charge in [0.1, 0.15) is 0 Å². The van der Waals surface area contributed by atoms with Gasteiger partial charge in [0.15, 0.2) is 0 Å². The predicted octanol–water partition coefficient (Wildman–Crippen LogP) is 4.36. The van der Waals surface area contributed by atoms with Gasteiger partial charge in [-0.05, 0) is 23.6 Å². The van der Waals surface area contributed by atoms with Crippen molar-refractivity contribution in [2.24, 2.45) is 0 Å². The van der Waals surface area contributed by atoms with Crippen LogP contribution in [-0.4, -0.2) is 23.5 Å². The van der Waals surface area contributed by atoms with Gasteiger partial charge in [-0.2, -0.15) is 0 Å². The van der Waals surface area contributed by atoms with E-state index in [1.807, 2.05) is 60.7 Å². The zero-order chi connectivity index (χ0) is 17.9. The molecule has 0 heterocycles. The zero-order valence-electron chi connectivity index (χ0n) is 14.5. The Morgan fingerprint density at radius 1 is 1.00 bits per heavy atom. The highest BCUT2D eigenvalue weighted by Crippen LogP contribution is 2.13. The summed E-state index contributed by atoms with van der Waals surface area (Å²) < 4.78 is 5.75. The van der Waals surface area contributed by atoms with Crippen LogP contribution in [0.4, 0.5) is 0 Å². The highest BCUT2D eigenvalue weighted by molar-refractivity contribution is 5.87. The Morgan fingerprint density at radius 3 is 2.16 bits per heavy atom. The number of carbonyl (C=O) groups excluding carboxylic acids is 1. The molecule has 2 rings (SSSR count). The maximum absolute atomic E-state index is 12.3. The SMILES string of the molecule is C=CC(=O)N(Cc1ccccc1)[C@@H](C=C)CCOCc1ccccc1. The Morgan fingerprint density at radius 2 is 1.60 bits per heavy atom. The van der Waals surface area contributed by atoms with Gasteiger partial charge < -0.3 is 9.64 Å². The molecule has 0 spiro atoms. The van der Waals surface area contributed by atoms with E-state index in [1.165, 1.54) is 6.08 Å². The lowest BCUT2D eigenvalue weighted by Crippen LogP contribution is -2.38. The van der Waals surface area contributed by atoms with Gasteiger partial charge >= 0.3 is 0 Å². The number of carbonyl (C=O) groups is 1. The first-order valence-electron chi connectivity index (χ1n) is 8.45. The Hall–Kier alpha value is -2.65. The topological polar surface area (TPSA) is 29.5 Å². The van der Waals surface area contributed by atoms with Crippen LogP contribution in [0.3, 0.4) is 0 Å². The summed E-state index contributed by atoms with van der Waals surface area (Å²) in [4.78, 5) is 14.1. The summed E-state index contributed by atoms with van der Waals surface area (Å²) in [5.41, 5.74) is 2.22. The maximum Gasteiger partial charge on any atom is 0.246 e. The van der Waals surface area contributed by atoms with Crippen molar-refractivity contribution in [1.82, 2.24) is 4.90 Å². The number of ether oxygens (including phenoxy) is 1. The van der Waals surface area contributed by atoms with Gasteiger partial charge in [-0.25, -0.2) is 0 Å². The number of hydrogen-bond donors (Lipinski definition) is 0. The molecule has 2 aromatic carbocycles. The van der Waals surface area contributed by atoms with Crippen LogP contribution in [0.1, 0.15) is 17.5 Å². The van der Waals surface area contributed by atoms with Crippen molar-refractivity contribution < 1.29 is 9.53 Å². The molecule has 0 saturated carbocycles. The van der Waals surface area contributed by atoms with Crippen LogP contribution < -0.4 is 0 Å². The molecule has 3 heteroatoms. The Labute approximate surface area is 150 Å². The molecule has 0 bridgehead atoms. The minimum atomic E-state index is -0.100. The van der Waals surface area contributed by atoms with E-state index >= 15 is 0 Å². The Balaban J connectivity index is 1.92. The summed E-state index contributed by atoms with van der Waals surface area (Å²) in [5, 5.41) is 0. The van der Waals surface area contributed by atoms with Crippen molar-refractivity contribution in [2.45, 2.75) is 25.6 Å². The van der Waals surface area contributed by atoms with E-state index in [9.17, 15) is 4.79 Å². The van der Waals surface area contributed by atoms with Crippen molar-refractivity contribution in [3.63, 3.8) is 0 Å². The second-order valence-electron chi connectivity index (χ2n) is 5.79. The fraction of sp³-hybridized carbons (Fsp3) is 0.227. The summed E-state index contributed by atoms with van der Waals surface area (Å²) >= 11 is 0. The van der Waals surface area contributed by atoms with Crippen LogP contribution in [0.15, 0.2) is 86.0 Å². The molecule has 2 aromatic rings. The highest BCUT2D eigenvalue weighted by Gasteiger charge is 2.19. The van der Waals surface area contributed by atoms with Crippen LogP contribution >= 0.6 is 0 Å². The number of nitrogens with zero attached hydrogens (tertiary/aromatic N) is 1. The third-order valence-corrected chi connectivity index (χ3v) is 4.00. The largest absolute Gasteiger partial charge is 0.377 e. The molecule has 0 aromatic heterocycles. The standard InChI is InChI=1S/C22H25NO2/c1-3-21(15-16-25-18-20-13-9-6-10-14-20)23(22(24)4-2)17-19-11-7-5-8-12-19/h3-14,21H,1-2,15-18H2/t21-/m0/s1. The fourth-order valence-corrected chi connectivity index (χ4v) is 2.63. The lowest BCUT2D eigenvalue weighted by Gasteiger charge is -2.29. The van der Waals surface area contributed by atoms with E-state index in [2.05, 4.69) is 13.2 Å². The molecule has 1 atom stereocenters. The van der Waals surface area contributed by atoms with Gasteiger partial charge in [0.2, 0.25) is 5.91 Å². The molecule has 0 aliphatic heterocycles. The molecule has 0 N–H and O–H groups in total. The molecule has 3 nitrogen and oxygen atoms in total. The molecule has 0 aliphatic rings. The predicted molar refractivity (Wildman–Crippen MR) is 102 cm³/mol. The normalized spacial score (nSPS) is 11.5. The van der Waals surface area contributed by atoms with Gasteiger partial charge in [-0.1, -0.05) is 73.3 Å². The molecule has 0 unspecified atom stereocenters. The van der Waals surface area contributed by atoms with Gasteiger partial charge in [-0.3, -0.25) is 4.79 Å². The number of benzene rings is 2. The first-order valence-corrected chi connectivity index (χ1v) is 8.45. The average Bonchev–Trinajstić information content (AvgIpc) is 2.68. The molecule has 1 amide bonds. The second kappa shape index (κ2) is 10.3. The third kappa shape index (κ3) is 6.05. The third-order valence-electron chi connectivity index (χ3n) is 4.00. The average molecular weight is 335 g/mol.